The summed E-state index contributed by atoms with van der Waals surface area (Å²) in [6, 6.07) is 0. The van der Waals surface area contributed by atoms with Crippen molar-refractivity contribution in [2.45, 2.75) is 57.8 Å². The zero-order valence-electron chi connectivity index (χ0n) is 12.5. The Balaban J connectivity index is 1.96. The minimum absolute atomic E-state index is 0.00966. The fourth-order valence-corrected chi connectivity index (χ4v) is 4.15. The van der Waals surface area contributed by atoms with Crippen LogP contribution >= 0.6 is 0 Å². The molecule has 3 rings (SSSR count). The van der Waals surface area contributed by atoms with Crippen molar-refractivity contribution in [2.24, 2.45) is 11.3 Å². The summed E-state index contributed by atoms with van der Waals surface area (Å²) >= 11 is 0. The highest BCUT2D eigenvalue weighted by Gasteiger charge is 2.61. The summed E-state index contributed by atoms with van der Waals surface area (Å²) in [5.74, 6) is -0.547. The first-order valence-corrected chi connectivity index (χ1v) is 7.16. The van der Waals surface area contributed by atoms with E-state index in [-0.39, 0.29) is 29.3 Å². The minimum atomic E-state index is -1.12. The van der Waals surface area contributed by atoms with Gasteiger partial charge in [0, 0.05) is 6.08 Å². The van der Waals surface area contributed by atoms with Crippen LogP contribution in [-0.4, -0.2) is 24.5 Å². The first-order valence-electron chi connectivity index (χ1n) is 7.16. The van der Waals surface area contributed by atoms with Crippen LogP contribution in [0.4, 0.5) is 0 Å². The van der Waals surface area contributed by atoms with E-state index < -0.39 is 5.79 Å². The van der Waals surface area contributed by atoms with Crippen LogP contribution < -0.4 is 0 Å². The zero-order chi connectivity index (χ0) is 14.6. The third kappa shape index (κ3) is 1.95. The Labute approximate surface area is 119 Å². The smallest absolute Gasteiger partial charge is 0.311 e. The molecule has 20 heavy (non-hydrogen) atoms. The van der Waals surface area contributed by atoms with Gasteiger partial charge in [-0.1, -0.05) is 20.3 Å². The van der Waals surface area contributed by atoms with Crippen LogP contribution in [0, 0.1) is 11.3 Å². The molecule has 0 aromatic heterocycles. The molecule has 1 aliphatic carbocycles. The van der Waals surface area contributed by atoms with Gasteiger partial charge in [0.2, 0.25) is 5.79 Å². The minimum Gasteiger partial charge on any atom is -0.469 e. The van der Waals surface area contributed by atoms with Crippen LogP contribution in [0.15, 0.2) is 11.8 Å². The van der Waals surface area contributed by atoms with E-state index in [4.69, 9.17) is 19.2 Å². The number of carbonyl (C=O) groups excluding carboxylic acids is 1. The fourth-order valence-electron chi connectivity index (χ4n) is 4.15. The van der Waals surface area contributed by atoms with Gasteiger partial charge in [-0.25, -0.2) is 0 Å². The molecule has 0 spiro atoms. The number of ether oxygens (including phenoxy) is 2. The van der Waals surface area contributed by atoms with E-state index in [0.29, 0.717) is 0 Å². The molecule has 0 saturated heterocycles. The van der Waals surface area contributed by atoms with Crippen molar-refractivity contribution in [3.05, 3.63) is 11.8 Å². The van der Waals surface area contributed by atoms with Gasteiger partial charge in [0.15, 0.2) is 5.76 Å². The van der Waals surface area contributed by atoms with Gasteiger partial charge in [0.25, 0.3) is 0 Å². The van der Waals surface area contributed by atoms with Crippen molar-refractivity contribution in [2.75, 3.05) is 7.11 Å². The molecule has 2 heterocycles. The Hall–Kier alpha value is -1.07. The summed E-state index contributed by atoms with van der Waals surface area (Å²) in [7, 11) is 1.36. The van der Waals surface area contributed by atoms with Crippen LogP contribution in [0.3, 0.4) is 0 Å². The number of esters is 1. The second kappa shape index (κ2) is 4.21. The van der Waals surface area contributed by atoms with Crippen LogP contribution in [0.1, 0.15) is 46.5 Å². The highest BCUT2D eigenvalue weighted by atomic mass is 17.2. The molecule has 1 fully saturated rings. The summed E-state index contributed by atoms with van der Waals surface area (Å²) in [5.41, 5.74) is -0.277. The molecule has 0 amide bonds. The van der Waals surface area contributed by atoms with Crippen molar-refractivity contribution in [1.82, 2.24) is 0 Å². The van der Waals surface area contributed by atoms with Gasteiger partial charge in [0.1, 0.15) is 6.42 Å². The molecule has 1 saturated carbocycles. The van der Waals surface area contributed by atoms with Crippen molar-refractivity contribution in [3.8, 4) is 0 Å². The fraction of sp³-hybridized carbons (Fsp3) is 0.800. The van der Waals surface area contributed by atoms with Gasteiger partial charge in [-0.05, 0) is 25.2 Å². The first-order chi connectivity index (χ1) is 9.30. The lowest BCUT2D eigenvalue weighted by atomic mass is 9.60. The van der Waals surface area contributed by atoms with Crippen LogP contribution in [-0.2, 0) is 24.0 Å². The molecule has 1 unspecified atom stereocenters. The number of methoxy groups -OCH3 is 1. The van der Waals surface area contributed by atoms with E-state index in [1.807, 2.05) is 6.08 Å². The lowest BCUT2D eigenvalue weighted by molar-refractivity contribution is -0.376. The van der Waals surface area contributed by atoms with Gasteiger partial charge in [-0.3, -0.25) is 4.79 Å². The summed E-state index contributed by atoms with van der Waals surface area (Å²) in [6.45, 7) is 6.55. The molecule has 2 bridgehead atoms. The largest absolute Gasteiger partial charge is 0.469 e. The van der Waals surface area contributed by atoms with E-state index in [1.165, 1.54) is 7.11 Å². The van der Waals surface area contributed by atoms with E-state index in [0.717, 1.165) is 25.0 Å². The Morgan fingerprint density at radius 2 is 2.15 bits per heavy atom. The van der Waals surface area contributed by atoms with Gasteiger partial charge < -0.3 is 14.4 Å². The summed E-state index contributed by atoms with van der Waals surface area (Å²) in [5, 5.41) is 0. The Kier molecular flexibility index (Phi) is 2.93. The number of hydrogen-bond donors (Lipinski definition) is 0. The zero-order valence-corrected chi connectivity index (χ0v) is 12.5. The topological polar surface area (TPSA) is 54.0 Å². The SMILES string of the molecule is COC(=O)C[C@]12C=C(OO1)C1C(C)(C)CCC[C@]1(C)O2. The second-order valence-electron chi connectivity index (χ2n) is 6.97. The van der Waals surface area contributed by atoms with E-state index in [2.05, 4.69) is 20.8 Å². The Bertz CT molecular complexity index is 469. The number of carbonyl (C=O) groups is 1. The molecule has 5 heteroatoms. The molecule has 3 atom stereocenters. The summed E-state index contributed by atoms with van der Waals surface area (Å²) in [6.07, 6.45) is 4.98. The van der Waals surface area contributed by atoms with Crippen molar-refractivity contribution in [3.63, 3.8) is 0 Å². The maximum absolute atomic E-state index is 11.6. The van der Waals surface area contributed by atoms with E-state index in [1.54, 1.807) is 0 Å². The molecule has 0 aromatic carbocycles. The molecule has 2 aliphatic heterocycles. The lowest BCUT2D eigenvalue weighted by Gasteiger charge is -2.51. The van der Waals surface area contributed by atoms with Crippen molar-refractivity contribution in [1.29, 1.82) is 0 Å². The van der Waals surface area contributed by atoms with Crippen LogP contribution in [0.2, 0.25) is 0 Å². The van der Waals surface area contributed by atoms with Crippen molar-refractivity contribution >= 4 is 5.97 Å². The standard InChI is InChI=1S/C15H22O5/c1-13(2)6-5-7-14(3)12(13)10-8-15(19-14,20-18-10)9-11(16)17-4/h8,12H,5-7,9H2,1-4H3/t12?,14-,15-/m0/s1. The molecular formula is C15H22O5. The predicted octanol–water partition coefficient (Wildman–Crippen LogP) is 2.71. The first kappa shape index (κ1) is 13.9. The van der Waals surface area contributed by atoms with E-state index >= 15 is 0 Å². The molecule has 5 nitrogen and oxygen atoms in total. The van der Waals surface area contributed by atoms with Gasteiger partial charge >= 0.3 is 5.97 Å². The third-order valence-corrected chi connectivity index (χ3v) is 4.84. The molecule has 0 aromatic rings. The maximum Gasteiger partial charge on any atom is 0.311 e. The van der Waals surface area contributed by atoms with E-state index in [9.17, 15) is 4.79 Å². The van der Waals surface area contributed by atoms with Crippen molar-refractivity contribution < 1.29 is 24.0 Å². The predicted molar refractivity (Wildman–Crippen MR) is 70.2 cm³/mol. The average Bonchev–Trinajstić information content (AvgIpc) is 2.65. The lowest BCUT2D eigenvalue weighted by Crippen LogP contribution is -2.55. The normalized spacial score (nSPS) is 41.4. The highest BCUT2D eigenvalue weighted by molar-refractivity contribution is 5.70. The average molecular weight is 282 g/mol. The Morgan fingerprint density at radius 1 is 1.40 bits per heavy atom. The molecule has 112 valence electrons. The number of rotatable bonds is 2. The second-order valence-corrected chi connectivity index (χ2v) is 6.97. The summed E-state index contributed by atoms with van der Waals surface area (Å²) in [4.78, 5) is 22.4. The number of fused-ring (bicyclic) bond motifs is 3. The quantitative estimate of drug-likeness (QED) is 0.576. The number of hydrogen-bond acceptors (Lipinski definition) is 5. The Morgan fingerprint density at radius 3 is 2.85 bits per heavy atom. The summed E-state index contributed by atoms with van der Waals surface area (Å²) < 4.78 is 11.0. The van der Waals surface area contributed by atoms with Crippen LogP contribution in [0.25, 0.3) is 0 Å². The third-order valence-electron chi connectivity index (χ3n) is 4.84. The monoisotopic (exact) mass is 282 g/mol. The van der Waals surface area contributed by atoms with Gasteiger partial charge in [0.05, 0.1) is 18.6 Å². The molecular weight excluding hydrogens is 260 g/mol. The van der Waals surface area contributed by atoms with Crippen LogP contribution in [0.5, 0.6) is 0 Å². The molecule has 3 aliphatic rings. The van der Waals surface area contributed by atoms with Gasteiger partial charge in [-0.15, -0.1) is 4.89 Å². The van der Waals surface area contributed by atoms with Gasteiger partial charge in [-0.2, -0.15) is 0 Å². The molecule has 0 N–H and O–H groups in total. The maximum atomic E-state index is 11.6. The molecule has 0 radical (unpaired) electrons. The highest BCUT2D eigenvalue weighted by Crippen LogP contribution is 2.58.